The lowest BCUT2D eigenvalue weighted by Gasteiger charge is -2.09. The summed E-state index contributed by atoms with van der Waals surface area (Å²) >= 11 is 12.6. The first-order valence-corrected chi connectivity index (χ1v) is 11.4. The third kappa shape index (κ3) is 6.51. The van der Waals surface area contributed by atoms with Crippen LogP contribution in [0.15, 0.2) is 31.7 Å². The first-order valence-electron chi connectivity index (χ1n) is 9.48. The zero-order valence-electron chi connectivity index (χ0n) is 17.4. The molecule has 0 bridgehead atoms. The molecule has 0 spiro atoms. The van der Waals surface area contributed by atoms with Crippen molar-refractivity contribution in [3.05, 3.63) is 59.7 Å². The number of nitro groups is 1. The van der Waals surface area contributed by atoms with Crippen LogP contribution in [0.25, 0.3) is 0 Å². The molecule has 0 aliphatic rings. The van der Waals surface area contributed by atoms with Gasteiger partial charge in [-0.05, 0) is 46.0 Å². The van der Waals surface area contributed by atoms with Crippen LogP contribution in [0.3, 0.4) is 0 Å². The van der Waals surface area contributed by atoms with Crippen LogP contribution in [0.2, 0.25) is 5.02 Å². The number of nitrogens with zero attached hydrogens (tertiary/aromatic N) is 5. The minimum Gasteiger partial charge on any atom is -0.483 e. The van der Waals surface area contributed by atoms with Gasteiger partial charge in [0.2, 0.25) is 0 Å². The van der Waals surface area contributed by atoms with Gasteiger partial charge in [0, 0.05) is 17.6 Å². The summed E-state index contributed by atoms with van der Waals surface area (Å²) < 4.78 is 13.1. The maximum absolute atomic E-state index is 12.2. The summed E-state index contributed by atoms with van der Waals surface area (Å²) in [5, 5.41) is 23.4. The summed E-state index contributed by atoms with van der Waals surface area (Å²) in [5.74, 6) is -1.23. The predicted octanol–water partition coefficient (Wildman–Crippen LogP) is 2.63. The molecule has 0 aliphatic carbocycles. The van der Waals surface area contributed by atoms with E-state index in [1.54, 1.807) is 25.1 Å². The predicted molar refractivity (Wildman–Crippen MR) is 125 cm³/mol. The van der Waals surface area contributed by atoms with E-state index < -0.39 is 16.6 Å². The molecule has 0 saturated carbocycles. The maximum atomic E-state index is 12.2. The molecule has 2 aromatic heterocycles. The lowest BCUT2D eigenvalue weighted by molar-refractivity contribution is -0.389. The third-order valence-electron chi connectivity index (χ3n) is 4.23. The van der Waals surface area contributed by atoms with Gasteiger partial charge in [-0.25, -0.2) is 0 Å². The Morgan fingerprint density at radius 3 is 2.71 bits per heavy atom. The molecule has 180 valence electrons. The van der Waals surface area contributed by atoms with Crippen LogP contribution >= 0.6 is 43.5 Å². The Morgan fingerprint density at radius 1 is 1.29 bits per heavy atom. The second-order valence-corrected chi connectivity index (χ2v) is 8.77. The van der Waals surface area contributed by atoms with E-state index in [0.29, 0.717) is 15.9 Å². The first-order chi connectivity index (χ1) is 16.2. The number of rotatable bonds is 10. The molecule has 2 amide bonds. The molecule has 0 aliphatic heterocycles. The Bertz CT molecular complexity index is 1230. The monoisotopic (exact) mass is 619 g/mol. The van der Waals surface area contributed by atoms with E-state index in [0.717, 1.165) is 4.47 Å². The lowest BCUT2D eigenvalue weighted by atomic mass is 10.3. The third-order valence-corrected chi connectivity index (χ3v) is 5.78. The number of ether oxygens (including phenoxy) is 1. The van der Waals surface area contributed by atoms with Crippen LogP contribution in [-0.4, -0.2) is 56.4 Å². The van der Waals surface area contributed by atoms with Crippen molar-refractivity contribution in [2.75, 3.05) is 19.7 Å². The van der Waals surface area contributed by atoms with Gasteiger partial charge in [-0.1, -0.05) is 32.7 Å². The smallest absolute Gasteiger partial charge is 0.408 e. The van der Waals surface area contributed by atoms with Crippen LogP contribution in [0.4, 0.5) is 5.82 Å². The summed E-state index contributed by atoms with van der Waals surface area (Å²) in [6, 6.07) is 5.29. The molecule has 0 fully saturated rings. The van der Waals surface area contributed by atoms with Crippen molar-refractivity contribution in [1.29, 1.82) is 0 Å². The minimum absolute atomic E-state index is 0.0758. The molecule has 1 aromatic carbocycles. The molecule has 34 heavy (non-hydrogen) atoms. The van der Waals surface area contributed by atoms with Gasteiger partial charge in [0.05, 0.1) is 15.3 Å². The van der Waals surface area contributed by atoms with Gasteiger partial charge in [-0.2, -0.15) is 9.67 Å². The van der Waals surface area contributed by atoms with E-state index in [9.17, 15) is 19.7 Å². The van der Waals surface area contributed by atoms with Crippen molar-refractivity contribution in [1.82, 2.24) is 30.6 Å². The number of nitrogens with one attached hydrogen (secondary N) is 2. The van der Waals surface area contributed by atoms with Gasteiger partial charge >= 0.3 is 17.6 Å². The summed E-state index contributed by atoms with van der Waals surface area (Å²) in [6.45, 7) is 1.51. The first kappa shape index (κ1) is 25.6. The van der Waals surface area contributed by atoms with Gasteiger partial charge in [0.1, 0.15) is 12.3 Å². The van der Waals surface area contributed by atoms with Crippen molar-refractivity contribution in [2.24, 2.45) is 0 Å². The topological polar surface area (TPSA) is 167 Å². The van der Waals surface area contributed by atoms with Crippen molar-refractivity contribution >= 4 is 61.1 Å². The van der Waals surface area contributed by atoms with Crippen molar-refractivity contribution in [3.63, 3.8) is 0 Å². The highest BCUT2D eigenvalue weighted by Gasteiger charge is 2.25. The molecule has 0 unspecified atom stereocenters. The average molecular weight is 622 g/mol. The Morgan fingerprint density at radius 2 is 2.03 bits per heavy atom. The van der Waals surface area contributed by atoms with Crippen LogP contribution in [0.5, 0.6) is 5.75 Å². The number of hydrogen-bond donors (Lipinski definition) is 2. The van der Waals surface area contributed by atoms with Crippen LogP contribution < -0.4 is 15.4 Å². The van der Waals surface area contributed by atoms with Gasteiger partial charge in [-0.3, -0.25) is 9.59 Å². The number of halogens is 3. The normalized spacial score (nSPS) is 10.7. The van der Waals surface area contributed by atoms with E-state index >= 15 is 0 Å². The Kier molecular flexibility index (Phi) is 8.57. The van der Waals surface area contributed by atoms with Crippen LogP contribution in [0.1, 0.15) is 22.2 Å². The Hall–Kier alpha value is -3.04. The number of carbonyl (C=O) groups is 2. The highest BCUT2D eigenvalue weighted by Crippen LogP contribution is 2.28. The van der Waals surface area contributed by atoms with Gasteiger partial charge < -0.3 is 30.0 Å². The molecule has 13 nitrogen and oxygen atoms in total. The molecular weight excluding hydrogens is 606 g/mol. The molecule has 0 saturated heterocycles. The standard InChI is InChI=1S/C18H16Br2ClN7O6/c1-9-15(21)16(28(31)32)25-27(9)7-13-24-18(34-26-13)17(30)23-5-4-22-14(29)8-33-12-3-2-10(19)6-11(12)20/h2-3,6H,4-5,7-8H2,1H3,(H,22,29)(H,23,30). The number of carbonyl (C=O) groups excluding carboxylic acids is 2. The highest BCUT2D eigenvalue weighted by atomic mass is 79.9. The molecule has 3 rings (SSSR count). The van der Waals surface area contributed by atoms with Gasteiger partial charge in [-0.15, -0.1) is 0 Å². The summed E-state index contributed by atoms with van der Waals surface area (Å²) in [7, 11) is 0. The molecule has 0 atom stereocenters. The molecule has 2 N–H and O–H groups in total. The number of amides is 2. The van der Waals surface area contributed by atoms with E-state index in [1.807, 2.05) is 0 Å². The number of aromatic nitrogens is 4. The zero-order chi connectivity index (χ0) is 24.8. The minimum atomic E-state index is -0.703. The highest BCUT2D eigenvalue weighted by molar-refractivity contribution is 9.11. The lowest BCUT2D eigenvalue weighted by Crippen LogP contribution is -2.36. The Labute approximate surface area is 213 Å². The van der Waals surface area contributed by atoms with E-state index in [-0.39, 0.29) is 48.9 Å². The van der Waals surface area contributed by atoms with Gasteiger partial charge in [0.15, 0.2) is 17.5 Å². The van der Waals surface area contributed by atoms with Crippen molar-refractivity contribution in [3.8, 4) is 5.75 Å². The van der Waals surface area contributed by atoms with Crippen molar-refractivity contribution < 1.29 is 23.8 Å². The second-order valence-electron chi connectivity index (χ2n) is 6.62. The fourth-order valence-electron chi connectivity index (χ4n) is 2.56. The maximum Gasteiger partial charge on any atom is 0.408 e. The second kappa shape index (κ2) is 11.4. The molecular formula is C18H16Br2ClN7O6. The summed E-state index contributed by atoms with van der Waals surface area (Å²) in [6.07, 6.45) is 0. The van der Waals surface area contributed by atoms with Gasteiger partial charge in [0.25, 0.3) is 5.91 Å². The van der Waals surface area contributed by atoms with Crippen LogP contribution in [0, 0.1) is 17.0 Å². The Balaban J connectivity index is 1.42. The molecule has 2 heterocycles. The van der Waals surface area contributed by atoms with E-state index in [2.05, 4.69) is 57.7 Å². The number of benzene rings is 1. The SMILES string of the molecule is Cc1c(Cl)c([N+](=O)[O-])nn1Cc1noc(C(=O)NCCNC(=O)COc2ccc(Br)cc2Br)n1. The van der Waals surface area contributed by atoms with E-state index in [4.69, 9.17) is 20.9 Å². The largest absolute Gasteiger partial charge is 0.483 e. The van der Waals surface area contributed by atoms with Crippen LogP contribution in [-0.2, 0) is 11.3 Å². The quantitative estimate of drug-likeness (QED) is 0.196. The van der Waals surface area contributed by atoms with Crippen molar-refractivity contribution in [2.45, 2.75) is 13.5 Å². The fourth-order valence-corrected chi connectivity index (χ4v) is 3.93. The number of hydrogen-bond acceptors (Lipinski definition) is 9. The fraction of sp³-hybridized carbons (Fsp3) is 0.278. The molecule has 0 radical (unpaired) electrons. The summed E-state index contributed by atoms with van der Waals surface area (Å²) in [5.41, 5.74) is 0.344. The van der Waals surface area contributed by atoms with E-state index in [1.165, 1.54) is 4.68 Å². The summed E-state index contributed by atoms with van der Waals surface area (Å²) in [4.78, 5) is 38.2. The molecule has 3 aromatic rings. The average Bonchev–Trinajstić information content (AvgIpc) is 3.36. The zero-order valence-corrected chi connectivity index (χ0v) is 21.3. The molecule has 16 heteroatoms.